The lowest BCUT2D eigenvalue weighted by Gasteiger charge is -2.22. The maximum atomic E-state index is 12.2. The molecule has 0 aliphatic heterocycles. The molecule has 0 heterocycles. The number of anilines is 1. The summed E-state index contributed by atoms with van der Waals surface area (Å²) in [6.45, 7) is 1.34. The summed E-state index contributed by atoms with van der Waals surface area (Å²) >= 11 is 0. The first kappa shape index (κ1) is 13.9. The summed E-state index contributed by atoms with van der Waals surface area (Å²) in [7, 11) is 1.66. The Balaban J connectivity index is 1.92. The fourth-order valence-electron chi connectivity index (χ4n) is 2.14. The van der Waals surface area contributed by atoms with Gasteiger partial charge in [0.15, 0.2) is 0 Å². The Morgan fingerprint density at radius 3 is 2.63 bits per heavy atom. The summed E-state index contributed by atoms with van der Waals surface area (Å²) in [5, 5.41) is 0. The number of carbonyl (C=O) groups excluding carboxylic acids is 1. The van der Waals surface area contributed by atoms with Crippen LogP contribution >= 0.6 is 0 Å². The molecule has 0 saturated heterocycles. The van der Waals surface area contributed by atoms with Crippen molar-refractivity contribution >= 4 is 11.6 Å². The van der Waals surface area contributed by atoms with Crippen LogP contribution in [0.15, 0.2) is 24.3 Å². The minimum Gasteiger partial charge on any atom is -0.399 e. The Hall–Kier alpha value is -1.55. The normalized spacial score (nSPS) is 14.4. The fraction of sp³-hybridized carbons (Fsp3) is 0.533. The van der Waals surface area contributed by atoms with E-state index in [2.05, 4.69) is 0 Å². The molecule has 4 heteroatoms. The fourth-order valence-corrected chi connectivity index (χ4v) is 2.14. The zero-order chi connectivity index (χ0) is 13.7. The number of carbonyl (C=O) groups is 1. The average molecular weight is 262 g/mol. The minimum atomic E-state index is 0.233. The van der Waals surface area contributed by atoms with Gasteiger partial charge in [-0.1, -0.05) is 12.1 Å². The van der Waals surface area contributed by atoms with Crippen molar-refractivity contribution in [3.63, 3.8) is 0 Å². The van der Waals surface area contributed by atoms with Crippen LogP contribution in [0.1, 0.15) is 31.2 Å². The predicted molar refractivity (Wildman–Crippen MR) is 75.5 cm³/mol. The Morgan fingerprint density at radius 2 is 2.05 bits per heavy atom. The van der Waals surface area contributed by atoms with E-state index in [-0.39, 0.29) is 5.91 Å². The summed E-state index contributed by atoms with van der Waals surface area (Å²) in [5.41, 5.74) is 7.57. The smallest absolute Gasteiger partial charge is 0.223 e. The van der Waals surface area contributed by atoms with Crippen LogP contribution in [0.2, 0.25) is 0 Å². The van der Waals surface area contributed by atoms with E-state index < -0.39 is 0 Å². The molecule has 0 atom stereocenters. The lowest BCUT2D eigenvalue weighted by molar-refractivity contribution is -0.132. The van der Waals surface area contributed by atoms with Crippen molar-refractivity contribution in [1.29, 1.82) is 0 Å². The van der Waals surface area contributed by atoms with Crippen LogP contribution in [0.3, 0.4) is 0 Å². The number of nitrogen functional groups attached to an aromatic ring is 1. The van der Waals surface area contributed by atoms with Crippen molar-refractivity contribution in [1.82, 2.24) is 4.90 Å². The number of rotatable bonds is 7. The SMILES string of the molecule is COCCCC(=O)N(Cc1ccc(N)cc1)C1CC1. The Labute approximate surface area is 114 Å². The molecular formula is C15H22N2O2. The van der Waals surface area contributed by atoms with E-state index in [0.29, 0.717) is 25.6 Å². The standard InChI is InChI=1S/C15H22N2O2/c1-19-10-2-3-15(18)17(14-8-9-14)11-12-4-6-13(16)7-5-12/h4-7,14H,2-3,8-11,16H2,1H3. The zero-order valence-corrected chi connectivity index (χ0v) is 11.5. The summed E-state index contributed by atoms with van der Waals surface area (Å²) in [6.07, 6.45) is 3.62. The molecule has 0 bridgehead atoms. The lowest BCUT2D eigenvalue weighted by Crippen LogP contribution is -2.32. The van der Waals surface area contributed by atoms with Crippen LogP contribution in [0.25, 0.3) is 0 Å². The number of nitrogens with two attached hydrogens (primary N) is 1. The predicted octanol–water partition coefficient (Wildman–Crippen LogP) is 2.19. The summed E-state index contributed by atoms with van der Waals surface area (Å²) in [4.78, 5) is 14.2. The number of nitrogens with zero attached hydrogens (tertiary/aromatic N) is 1. The molecule has 0 spiro atoms. The van der Waals surface area contributed by atoms with Crippen LogP contribution in [0, 0.1) is 0 Å². The molecule has 4 nitrogen and oxygen atoms in total. The van der Waals surface area contributed by atoms with E-state index >= 15 is 0 Å². The molecule has 19 heavy (non-hydrogen) atoms. The second kappa shape index (κ2) is 6.57. The van der Waals surface area contributed by atoms with E-state index in [1.165, 1.54) is 0 Å². The topological polar surface area (TPSA) is 55.6 Å². The number of ether oxygens (including phenoxy) is 1. The molecular weight excluding hydrogens is 240 g/mol. The van der Waals surface area contributed by atoms with Gasteiger partial charge in [-0.05, 0) is 37.0 Å². The number of benzene rings is 1. The average Bonchev–Trinajstić information content (AvgIpc) is 3.22. The molecule has 0 aromatic heterocycles. The number of methoxy groups -OCH3 is 1. The molecule has 1 fully saturated rings. The number of hydrogen-bond acceptors (Lipinski definition) is 3. The first-order valence-electron chi connectivity index (χ1n) is 6.83. The molecule has 2 N–H and O–H groups in total. The van der Waals surface area contributed by atoms with E-state index in [9.17, 15) is 4.79 Å². The highest BCUT2D eigenvalue weighted by Crippen LogP contribution is 2.29. The highest BCUT2D eigenvalue weighted by atomic mass is 16.5. The maximum absolute atomic E-state index is 12.2. The minimum absolute atomic E-state index is 0.233. The van der Waals surface area contributed by atoms with Gasteiger partial charge in [0.2, 0.25) is 5.91 Å². The molecule has 1 aromatic carbocycles. The second-order valence-electron chi connectivity index (χ2n) is 5.09. The van der Waals surface area contributed by atoms with Crippen LogP contribution in [-0.4, -0.2) is 30.6 Å². The van der Waals surface area contributed by atoms with Gasteiger partial charge in [-0.15, -0.1) is 0 Å². The van der Waals surface area contributed by atoms with E-state index in [4.69, 9.17) is 10.5 Å². The molecule has 1 aliphatic rings. The largest absolute Gasteiger partial charge is 0.399 e. The molecule has 1 saturated carbocycles. The van der Waals surface area contributed by atoms with Gasteiger partial charge in [-0.25, -0.2) is 0 Å². The molecule has 104 valence electrons. The molecule has 2 rings (SSSR count). The van der Waals surface area contributed by atoms with Gasteiger partial charge >= 0.3 is 0 Å². The van der Waals surface area contributed by atoms with Crippen LogP contribution < -0.4 is 5.73 Å². The Bertz CT molecular complexity index is 413. The first-order chi connectivity index (χ1) is 9.20. The monoisotopic (exact) mass is 262 g/mol. The molecule has 1 aromatic rings. The Kier molecular flexibility index (Phi) is 4.80. The van der Waals surface area contributed by atoms with Gasteiger partial charge in [0.25, 0.3) is 0 Å². The van der Waals surface area contributed by atoms with Crippen molar-refractivity contribution < 1.29 is 9.53 Å². The van der Waals surface area contributed by atoms with E-state index in [0.717, 1.165) is 30.5 Å². The quantitative estimate of drug-likeness (QED) is 0.605. The summed E-state index contributed by atoms with van der Waals surface area (Å²) < 4.78 is 4.99. The summed E-state index contributed by atoms with van der Waals surface area (Å²) in [6, 6.07) is 8.19. The van der Waals surface area contributed by atoms with Gasteiger partial charge in [-0.2, -0.15) is 0 Å². The van der Waals surface area contributed by atoms with Crippen molar-refractivity contribution in [3.05, 3.63) is 29.8 Å². The van der Waals surface area contributed by atoms with Crippen LogP contribution in [0.4, 0.5) is 5.69 Å². The van der Waals surface area contributed by atoms with E-state index in [1.54, 1.807) is 7.11 Å². The van der Waals surface area contributed by atoms with Gasteiger partial charge in [0, 0.05) is 38.4 Å². The van der Waals surface area contributed by atoms with Crippen molar-refractivity contribution in [2.24, 2.45) is 0 Å². The number of amides is 1. The third-order valence-corrected chi connectivity index (χ3v) is 3.38. The van der Waals surface area contributed by atoms with Gasteiger partial charge in [0.1, 0.15) is 0 Å². The van der Waals surface area contributed by atoms with Crippen molar-refractivity contribution in [2.75, 3.05) is 19.5 Å². The Morgan fingerprint density at radius 1 is 1.37 bits per heavy atom. The van der Waals surface area contributed by atoms with Crippen molar-refractivity contribution in [3.8, 4) is 0 Å². The molecule has 1 amide bonds. The summed E-state index contributed by atoms with van der Waals surface area (Å²) in [5.74, 6) is 0.233. The maximum Gasteiger partial charge on any atom is 0.223 e. The van der Waals surface area contributed by atoms with Gasteiger partial charge in [-0.3, -0.25) is 4.79 Å². The second-order valence-corrected chi connectivity index (χ2v) is 5.09. The molecule has 1 aliphatic carbocycles. The van der Waals surface area contributed by atoms with E-state index in [1.807, 2.05) is 29.2 Å². The van der Waals surface area contributed by atoms with Crippen LogP contribution in [0.5, 0.6) is 0 Å². The van der Waals surface area contributed by atoms with Gasteiger partial charge < -0.3 is 15.4 Å². The van der Waals surface area contributed by atoms with Gasteiger partial charge in [0.05, 0.1) is 0 Å². The van der Waals surface area contributed by atoms with Crippen LogP contribution in [-0.2, 0) is 16.1 Å². The number of hydrogen-bond donors (Lipinski definition) is 1. The lowest BCUT2D eigenvalue weighted by atomic mass is 10.2. The van der Waals surface area contributed by atoms with Crippen molar-refractivity contribution in [2.45, 2.75) is 38.3 Å². The highest BCUT2D eigenvalue weighted by Gasteiger charge is 2.31. The first-order valence-corrected chi connectivity index (χ1v) is 6.83. The highest BCUT2D eigenvalue weighted by molar-refractivity contribution is 5.76. The molecule has 0 radical (unpaired) electrons. The third kappa shape index (κ3) is 4.24. The third-order valence-electron chi connectivity index (χ3n) is 3.38. The molecule has 0 unspecified atom stereocenters. The zero-order valence-electron chi connectivity index (χ0n) is 11.5.